The Labute approximate surface area is 164 Å². The van der Waals surface area contributed by atoms with E-state index in [1.807, 2.05) is 61.5 Å². The van der Waals surface area contributed by atoms with Crippen LogP contribution >= 0.6 is 11.3 Å². The Hall–Kier alpha value is -3.58. The molecule has 7 heteroatoms. The van der Waals surface area contributed by atoms with E-state index < -0.39 is 0 Å². The van der Waals surface area contributed by atoms with Crippen molar-refractivity contribution in [1.29, 1.82) is 0 Å². The second-order valence-corrected chi connectivity index (χ2v) is 7.57. The molecule has 0 bridgehead atoms. The van der Waals surface area contributed by atoms with Crippen LogP contribution in [0.1, 0.15) is 15.5 Å². The van der Waals surface area contributed by atoms with Crippen LogP contribution < -0.4 is 5.32 Å². The molecule has 5 rings (SSSR count). The standard InChI is InChI=1S/C21H15N5OS/c1-13-24-16-12-15(7-8-18(16)28-13)25-21(27)17-11-14-5-4-10-23-20(14)26(17)19-6-2-3-9-22-19/h2-12H,1H3,(H,25,27). The number of hydrogen-bond acceptors (Lipinski definition) is 5. The van der Waals surface area contributed by atoms with E-state index in [1.54, 1.807) is 28.3 Å². The SMILES string of the molecule is Cc1nc2cc(NC(=O)c3cc4cccnc4n3-c3ccccn3)ccc2s1. The van der Waals surface area contributed by atoms with Gasteiger partial charge in [0.2, 0.25) is 0 Å². The lowest BCUT2D eigenvalue weighted by Gasteiger charge is -2.10. The number of thiazole rings is 1. The molecule has 0 saturated carbocycles. The highest BCUT2D eigenvalue weighted by Gasteiger charge is 2.18. The number of nitrogens with one attached hydrogen (secondary N) is 1. The highest BCUT2D eigenvalue weighted by molar-refractivity contribution is 7.18. The van der Waals surface area contributed by atoms with Gasteiger partial charge in [0.25, 0.3) is 5.91 Å². The molecule has 1 N–H and O–H groups in total. The van der Waals surface area contributed by atoms with Gasteiger partial charge in [-0.2, -0.15) is 0 Å². The van der Waals surface area contributed by atoms with Crippen LogP contribution in [0.5, 0.6) is 0 Å². The zero-order valence-electron chi connectivity index (χ0n) is 15.0. The fraction of sp³-hybridized carbons (Fsp3) is 0.0476. The van der Waals surface area contributed by atoms with Crippen LogP contribution in [0, 0.1) is 6.92 Å². The van der Waals surface area contributed by atoms with Crippen molar-refractivity contribution in [2.75, 3.05) is 5.32 Å². The maximum absolute atomic E-state index is 13.1. The topological polar surface area (TPSA) is 72.7 Å². The summed E-state index contributed by atoms with van der Waals surface area (Å²) in [6.45, 7) is 1.97. The molecule has 0 radical (unpaired) electrons. The van der Waals surface area contributed by atoms with E-state index in [2.05, 4.69) is 20.3 Å². The number of nitrogens with zero attached hydrogens (tertiary/aromatic N) is 4. The molecule has 0 aliphatic heterocycles. The van der Waals surface area contributed by atoms with Gasteiger partial charge in [-0.1, -0.05) is 6.07 Å². The molecule has 0 atom stereocenters. The van der Waals surface area contributed by atoms with Gasteiger partial charge in [-0.25, -0.2) is 15.0 Å². The molecule has 0 fully saturated rings. The van der Waals surface area contributed by atoms with Crippen molar-refractivity contribution in [3.8, 4) is 5.82 Å². The van der Waals surface area contributed by atoms with E-state index in [1.165, 1.54) is 0 Å². The molecule has 4 heterocycles. The molecule has 0 aliphatic rings. The molecule has 4 aromatic heterocycles. The summed E-state index contributed by atoms with van der Waals surface area (Å²) in [7, 11) is 0. The maximum atomic E-state index is 13.1. The van der Waals surface area contributed by atoms with E-state index in [4.69, 9.17) is 0 Å². The number of pyridine rings is 2. The van der Waals surface area contributed by atoms with E-state index in [-0.39, 0.29) is 5.91 Å². The number of anilines is 1. The molecule has 5 aromatic rings. The Balaban J connectivity index is 1.58. The Kier molecular flexibility index (Phi) is 3.87. The van der Waals surface area contributed by atoms with Crippen molar-refractivity contribution < 1.29 is 4.79 Å². The van der Waals surface area contributed by atoms with Crippen molar-refractivity contribution >= 4 is 44.2 Å². The second-order valence-electron chi connectivity index (χ2n) is 6.34. The van der Waals surface area contributed by atoms with Crippen LogP contribution in [-0.4, -0.2) is 25.4 Å². The number of benzene rings is 1. The van der Waals surface area contributed by atoms with Crippen LogP contribution in [0.4, 0.5) is 5.69 Å². The third-order valence-corrected chi connectivity index (χ3v) is 5.38. The van der Waals surface area contributed by atoms with E-state index in [0.717, 1.165) is 20.6 Å². The smallest absolute Gasteiger partial charge is 0.272 e. The van der Waals surface area contributed by atoms with Crippen molar-refractivity contribution in [2.24, 2.45) is 0 Å². The van der Waals surface area contributed by atoms with Crippen molar-refractivity contribution in [3.05, 3.63) is 77.7 Å². The lowest BCUT2D eigenvalue weighted by molar-refractivity contribution is 0.102. The molecule has 1 aromatic carbocycles. The number of rotatable bonds is 3. The van der Waals surface area contributed by atoms with Gasteiger partial charge in [-0.05, 0) is 55.5 Å². The molecule has 6 nitrogen and oxygen atoms in total. The molecular formula is C21H15N5OS. The Morgan fingerprint density at radius 1 is 1.04 bits per heavy atom. The highest BCUT2D eigenvalue weighted by Crippen LogP contribution is 2.26. The van der Waals surface area contributed by atoms with Crippen molar-refractivity contribution in [1.82, 2.24) is 19.5 Å². The number of fused-ring (bicyclic) bond motifs is 2. The van der Waals surface area contributed by atoms with Crippen LogP contribution in [0.15, 0.2) is 67.0 Å². The zero-order chi connectivity index (χ0) is 19.1. The first-order valence-corrected chi connectivity index (χ1v) is 9.57. The highest BCUT2D eigenvalue weighted by atomic mass is 32.1. The third-order valence-electron chi connectivity index (χ3n) is 4.43. The van der Waals surface area contributed by atoms with Crippen molar-refractivity contribution in [2.45, 2.75) is 6.92 Å². The van der Waals surface area contributed by atoms with Gasteiger partial charge in [0.15, 0.2) is 0 Å². The Morgan fingerprint density at radius 2 is 1.93 bits per heavy atom. The van der Waals surface area contributed by atoms with Gasteiger partial charge in [0, 0.05) is 23.5 Å². The summed E-state index contributed by atoms with van der Waals surface area (Å²) in [6, 6.07) is 17.0. The molecule has 1 amide bonds. The van der Waals surface area contributed by atoms with Gasteiger partial charge >= 0.3 is 0 Å². The summed E-state index contributed by atoms with van der Waals surface area (Å²) >= 11 is 1.63. The molecule has 0 saturated heterocycles. The summed E-state index contributed by atoms with van der Waals surface area (Å²) in [5.74, 6) is 0.418. The molecule has 0 spiro atoms. The fourth-order valence-electron chi connectivity index (χ4n) is 3.24. The average molecular weight is 385 g/mol. The number of carbonyl (C=O) groups excluding carboxylic acids is 1. The zero-order valence-corrected chi connectivity index (χ0v) is 15.8. The van der Waals surface area contributed by atoms with Gasteiger partial charge in [0.1, 0.15) is 17.2 Å². The number of amides is 1. The van der Waals surface area contributed by atoms with Gasteiger partial charge in [-0.3, -0.25) is 9.36 Å². The molecular weight excluding hydrogens is 370 g/mol. The number of hydrogen-bond donors (Lipinski definition) is 1. The summed E-state index contributed by atoms with van der Waals surface area (Å²) in [5.41, 5.74) is 2.75. The van der Waals surface area contributed by atoms with E-state index in [0.29, 0.717) is 22.8 Å². The minimum Gasteiger partial charge on any atom is -0.321 e. The van der Waals surface area contributed by atoms with Crippen molar-refractivity contribution in [3.63, 3.8) is 0 Å². The maximum Gasteiger partial charge on any atom is 0.272 e. The second kappa shape index (κ2) is 6.54. The van der Waals surface area contributed by atoms with Gasteiger partial charge in [0.05, 0.1) is 15.2 Å². The minimum atomic E-state index is -0.227. The first-order chi connectivity index (χ1) is 13.7. The van der Waals surface area contributed by atoms with Crippen LogP contribution in [0.2, 0.25) is 0 Å². The third kappa shape index (κ3) is 2.82. The van der Waals surface area contributed by atoms with E-state index in [9.17, 15) is 4.79 Å². The first-order valence-electron chi connectivity index (χ1n) is 8.75. The van der Waals surface area contributed by atoms with Crippen LogP contribution in [0.3, 0.4) is 0 Å². The number of aryl methyl sites for hydroxylation is 1. The lowest BCUT2D eigenvalue weighted by Crippen LogP contribution is -2.17. The van der Waals surface area contributed by atoms with Crippen LogP contribution in [0.25, 0.3) is 27.1 Å². The van der Waals surface area contributed by atoms with Crippen LogP contribution in [-0.2, 0) is 0 Å². The summed E-state index contributed by atoms with van der Waals surface area (Å²) in [5, 5.41) is 4.86. The Bertz CT molecular complexity index is 1320. The quantitative estimate of drug-likeness (QED) is 0.493. The number of carbonyl (C=O) groups is 1. The summed E-state index contributed by atoms with van der Waals surface area (Å²) in [4.78, 5) is 26.5. The minimum absolute atomic E-state index is 0.227. The predicted molar refractivity (Wildman–Crippen MR) is 111 cm³/mol. The largest absolute Gasteiger partial charge is 0.321 e. The fourth-order valence-corrected chi connectivity index (χ4v) is 4.04. The predicted octanol–water partition coefficient (Wildman–Crippen LogP) is 4.59. The molecule has 28 heavy (non-hydrogen) atoms. The lowest BCUT2D eigenvalue weighted by atomic mass is 10.2. The van der Waals surface area contributed by atoms with Gasteiger partial charge < -0.3 is 5.32 Å². The monoisotopic (exact) mass is 385 g/mol. The average Bonchev–Trinajstić information content (AvgIpc) is 3.28. The normalized spacial score (nSPS) is 11.2. The molecule has 136 valence electrons. The first kappa shape index (κ1) is 16.6. The van der Waals surface area contributed by atoms with Gasteiger partial charge in [-0.15, -0.1) is 11.3 Å². The molecule has 0 unspecified atom stereocenters. The summed E-state index contributed by atoms with van der Waals surface area (Å²) < 4.78 is 2.87. The van der Waals surface area contributed by atoms with E-state index >= 15 is 0 Å². The molecule has 0 aliphatic carbocycles. The number of aromatic nitrogens is 4. The Morgan fingerprint density at radius 3 is 2.79 bits per heavy atom. The summed E-state index contributed by atoms with van der Waals surface area (Å²) in [6.07, 6.45) is 3.41.